The fourth-order valence-corrected chi connectivity index (χ4v) is 5.37. The number of aliphatic hydroxyl groups is 1. The number of nitrogens with one attached hydrogen (secondary N) is 1. The van der Waals surface area contributed by atoms with Crippen molar-refractivity contribution >= 4 is 0 Å². The Labute approximate surface area is 229 Å². The summed E-state index contributed by atoms with van der Waals surface area (Å²) in [5.41, 5.74) is 4.71. The minimum absolute atomic E-state index is 0.162. The number of benzene rings is 2. The third kappa shape index (κ3) is 8.68. The van der Waals surface area contributed by atoms with E-state index >= 15 is 0 Å². The van der Waals surface area contributed by atoms with Crippen molar-refractivity contribution in [3.8, 4) is 22.6 Å². The molecule has 0 saturated carbocycles. The highest BCUT2D eigenvalue weighted by Crippen LogP contribution is 2.35. The van der Waals surface area contributed by atoms with Gasteiger partial charge in [-0.1, -0.05) is 24.3 Å². The molecule has 4 rings (SSSR count). The Kier molecular flexibility index (Phi) is 11.7. The van der Waals surface area contributed by atoms with Crippen LogP contribution in [0.2, 0.25) is 0 Å². The molecule has 7 heteroatoms. The summed E-state index contributed by atoms with van der Waals surface area (Å²) >= 11 is 0. The molecule has 210 valence electrons. The second-order valence-corrected chi connectivity index (χ2v) is 10.6. The first kappa shape index (κ1) is 28.8. The average molecular weight is 526 g/mol. The number of likely N-dealkylation sites (tertiary alicyclic amines) is 1. The van der Waals surface area contributed by atoms with E-state index in [1.807, 2.05) is 0 Å². The molecule has 2 aromatic carbocycles. The van der Waals surface area contributed by atoms with E-state index in [1.54, 1.807) is 0 Å². The second kappa shape index (κ2) is 15.4. The summed E-state index contributed by atoms with van der Waals surface area (Å²) in [4.78, 5) is 4.80. The minimum Gasteiger partial charge on any atom is -0.493 e. The van der Waals surface area contributed by atoms with Crippen molar-refractivity contribution in [2.45, 2.75) is 45.6 Å². The molecule has 0 amide bonds. The van der Waals surface area contributed by atoms with Crippen molar-refractivity contribution in [2.24, 2.45) is 0 Å². The van der Waals surface area contributed by atoms with Crippen LogP contribution in [0.4, 0.5) is 0 Å². The molecule has 1 atom stereocenters. The Morgan fingerprint density at radius 2 is 1.42 bits per heavy atom. The highest BCUT2D eigenvalue weighted by Gasteiger charge is 2.19. The molecular formula is C31H47N3O4. The lowest BCUT2D eigenvalue weighted by Crippen LogP contribution is -2.37. The Morgan fingerprint density at radius 3 is 2.05 bits per heavy atom. The largest absolute Gasteiger partial charge is 0.493 e. The summed E-state index contributed by atoms with van der Waals surface area (Å²) in [6.45, 7) is 15.4. The number of ether oxygens (including phenoxy) is 3. The van der Waals surface area contributed by atoms with Gasteiger partial charge in [-0.05, 0) is 93.6 Å². The Morgan fingerprint density at radius 1 is 0.816 bits per heavy atom. The molecule has 0 bridgehead atoms. The molecule has 2 fully saturated rings. The van der Waals surface area contributed by atoms with Crippen LogP contribution in [0.15, 0.2) is 36.4 Å². The standard InChI is InChI=1S/C31H47N3O4/c1-25-28(29-9-4-11-31(26(29)2)38-21-7-16-34-17-12-27(35)24-34)8-3-10-30(25)37-20-6-14-32-13-5-15-33-18-22-36-23-19-33/h3-4,8-11,27,32,35H,5-7,12-24H2,1-2H3/t27-/m1/s1. The first-order chi connectivity index (χ1) is 18.6. The maximum absolute atomic E-state index is 9.70. The zero-order chi connectivity index (χ0) is 26.6. The van der Waals surface area contributed by atoms with E-state index in [4.69, 9.17) is 14.2 Å². The van der Waals surface area contributed by atoms with Crippen LogP contribution in [-0.4, -0.2) is 99.8 Å². The van der Waals surface area contributed by atoms with E-state index < -0.39 is 0 Å². The second-order valence-electron chi connectivity index (χ2n) is 10.6. The average Bonchev–Trinajstić information content (AvgIpc) is 3.35. The Bertz CT molecular complexity index is 980. The van der Waals surface area contributed by atoms with Crippen LogP contribution in [0.5, 0.6) is 11.5 Å². The molecule has 2 heterocycles. The van der Waals surface area contributed by atoms with Crippen molar-refractivity contribution in [3.63, 3.8) is 0 Å². The molecule has 2 saturated heterocycles. The lowest BCUT2D eigenvalue weighted by molar-refractivity contribution is 0.0374. The predicted molar refractivity (Wildman–Crippen MR) is 153 cm³/mol. The summed E-state index contributed by atoms with van der Waals surface area (Å²) in [7, 11) is 0. The third-order valence-electron chi connectivity index (χ3n) is 7.67. The lowest BCUT2D eigenvalue weighted by atomic mass is 9.95. The fraction of sp³-hybridized carbons (Fsp3) is 0.613. The molecule has 0 aromatic heterocycles. The molecule has 2 aliphatic heterocycles. The van der Waals surface area contributed by atoms with Gasteiger partial charge in [0.05, 0.1) is 32.5 Å². The number of nitrogens with zero attached hydrogens (tertiary/aromatic N) is 2. The van der Waals surface area contributed by atoms with Crippen LogP contribution >= 0.6 is 0 Å². The first-order valence-corrected chi connectivity index (χ1v) is 14.5. The molecular weight excluding hydrogens is 478 g/mol. The van der Waals surface area contributed by atoms with E-state index in [-0.39, 0.29) is 6.10 Å². The van der Waals surface area contributed by atoms with E-state index in [1.165, 1.54) is 23.1 Å². The fourth-order valence-electron chi connectivity index (χ4n) is 5.37. The van der Waals surface area contributed by atoms with Crippen LogP contribution in [0, 0.1) is 13.8 Å². The smallest absolute Gasteiger partial charge is 0.122 e. The number of hydrogen-bond donors (Lipinski definition) is 2. The monoisotopic (exact) mass is 525 g/mol. The van der Waals surface area contributed by atoms with Crippen LogP contribution < -0.4 is 14.8 Å². The van der Waals surface area contributed by atoms with E-state index in [0.717, 1.165) is 102 Å². The van der Waals surface area contributed by atoms with Gasteiger partial charge in [0.1, 0.15) is 11.5 Å². The van der Waals surface area contributed by atoms with Crippen molar-refractivity contribution < 1.29 is 19.3 Å². The van der Waals surface area contributed by atoms with Gasteiger partial charge in [-0.15, -0.1) is 0 Å². The van der Waals surface area contributed by atoms with Gasteiger partial charge in [0.15, 0.2) is 0 Å². The lowest BCUT2D eigenvalue weighted by Gasteiger charge is -2.26. The number of hydrogen-bond acceptors (Lipinski definition) is 7. The van der Waals surface area contributed by atoms with Crippen molar-refractivity contribution in [1.29, 1.82) is 0 Å². The van der Waals surface area contributed by atoms with Gasteiger partial charge < -0.3 is 29.5 Å². The van der Waals surface area contributed by atoms with E-state index in [2.05, 4.69) is 65.4 Å². The van der Waals surface area contributed by atoms with Crippen molar-refractivity contribution in [3.05, 3.63) is 47.5 Å². The zero-order valence-electron chi connectivity index (χ0n) is 23.4. The van der Waals surface area contributed by atoms with Crippen LogP contribution in [0.25, 0.3) is 11.1 Å². The quantitative estimate of drug-likeness (QED) is 0.342. The first-order valence-electron chi connectivity index (χ1n) is 14.5. The van der Waals surface area contributed by atoms with Crippen LogP contribution in [0.3, 0.4) is 0 Å². The number of morpholine rings is 1. The van der Waals surface area contributed by atoms with Gasteiger partial charge in [-0.25, -0.2) is 0 Å². The van der Waals surface area contributed by atoms with Gasteiger partial charge in [0.2, 0.25) is 0 Å². The van der Waals surface area contributed by atoms with Crippen LogP contribution in [-0.2, 0) is 4.74 Å². The Hall–Kier alpha value is -2.16. The predicted octanol–water partition coefficient (Wildman–Crippen LogP) is 3.89. The topological polar surface area (TPSA) is 66.4 Å². The molecule has 2 N–H and O–H groups in total. The molecule has 0 aliphatic carbocycles. The van der Waals surface area contributed by atoms with Gasteiger partial charge in [0.25, 0.3) is 0 Å². The molecule has 2 aliphatic rings. The molecule has 2 aromatic rings. The molecule has 0 unspecified atom stereocenters. The van der Waals surface area contributed by atoms with E-state index in [9.17, 15) is 5.11 Å². The summed E-state index contributed by atoms with van der Waals surface area (Å²) < 4.78 is 17.8. The summed E-state index contributed by atoms with van der Waals surface area (Å²) in [5, 5.41) is 13.3. The SMILES string of the molecule is Cc1c(OCCCNCCCN2CCOCC2)cccc1-c1cccc(OCCCN2CC[C@@H](O)C2)c1C. The Balaban J connectivity index is 1.20. The molecule has 0 spiro atoms. The highest BCUT2D eigenvalue weighted by atomic mass is 16.5. The summed E-state index contributed by atoms with van der Waals surface area (Å²) in [6.07, 6.45) is 3.84. The zero-order valence-corrected chi connectivity index (χ0v) is 23.4. The maximum Gasteiger partial charge on any atom is 0.122 e. The summed E-state index contributed by atoms with van der Waals surface area (Å²) in [5.74, 6) is 1.89. The highest BCUT2D eigenvalue weighted by molar-refractivity contribution is 5.74. The number of β-amino-alcohol motifs (C(OH)–C–C–N with tert-alkyl or cyclic N) is 1. The normalized spacial score (nSPS) is 18.7. The molecule has 7 nitrogen and oxygen atoms in total. The van der Waals surface area contributed by atoms with E-state index in [0.29, 0.717) is 13.2 Å². The number of rotatable bonds is 15. The van der Waals surface area contributed by atoms with Crippen molar-refractivity contribution in [1.82, 2.24) is 15.1 Å². The molecule has 38 heavy (non-hydrogen) atoms. The van der Waals surface area contributed by atoms with Gasteiger partial charge in [-0.2, -0.15) is 0 Å². The van der Waals surface area contributed by atoms with Gasteiger partial charge in [0, 0.05) is 32.7 Å². The molecule has 0 radical (unpaired) electrons. The van der Waals surface area contributed by atoms with Crippen molar-refractivity contribution in [2.75, 3.05) is 78.8 Å². The van der Waals surface area contributed by atoms with Crippen LogP contribution in [0.1, 0.15) is 36.8 Å². The third-order valence-corrected chi connectivity index (χ3v) is 7.67. The van der Waals surface area contributed by atoms with Gasteiger partial charge in [-0.3, -0.25) is 4.90 Å². The maximum atomic E-state index is 9.70. The van der Waals surface area contributed by atoms with Gasteiger partial charge >= 0.3 is 0 Å². The number of aliphatic hydroxyl groups excluding tert-OH is 1. The summed E-state index contributed by atoms with van der Waals surface area (Å²) in [6, 6.07) is 12.6. The minimum atomic E-state index is -0.162.